The van der Waals surface area contributed by atoms with E-state index in [4.69, 9.17) is 4.42 Å². The van der Waals surface area contributed by atoms with E-state index in [2.05, 4.69) is 10.3 Å². The van der Waals surface area contributed by atoms with E-state index in [-0.39, 0.29) is 17.2 Å². The smallest absolute Gasteiger partial charge is 0.262 e. The van der Waals surface area contributed by atoms with E-state index in [0.717, 1.165) is 15.6 Å². The van der Waals surface area contributed by atoms with Gasteiger partial charge in [0.1, 0.15) is 4.21 Å². The summed E-state index contributed by atoms with van der Waals surface area (Å²) in [6.45, 7) is -0.753. The van der Waals surface area contributed by atoms with Crippen LogP contribution in [0.2, 0.25) is 0 Å². The van der Waals surface area contributed by atoms with Crippen LogP contribution in [-0.4, -0.2) is 49.2 Å². The number of hydrogen-bond acceptors (Lipinski definition) is 6. The monoisotopic (exact) mass is 417 g/mol. The minimum Gasteiger partial charge on any atom is -0.443 e. The van der Waals surface area contributed by atoms with Crippen molar-refractivity contribution in [3.63, 3.8) is 0 Å². The lowest BCUT2D eigenvalue weighted by atomic mass is 9.73. The Kier molecular flexibility index (Phi) is 4.35. The average Bonchev–Trinajstić information content (AvgIpc) is 3.27. The molecule has 2 saturated heterocycles. The van der Waals surface area contributed by atoms with Crippen LogP contribution in [0.5, 0.6) is 0 Å². The van der Waals surface area contributed by atoms with Crippen molar-refractivity contribution in [3.8, 4) is 10.6 Å². The van der Waals surface area contributed by atoms with Gasteiger partial charge in [0.25, 0.3) is 15.9 Å². The van der Waals surface area contributed by atoms with Gasteiger partial charge in [0.15, 0.2) is 12.2 Å². The molecule has 0 unspecified atom stereocenters. The molecule has 1 amide bonds. The molecule has 1 atom stereocenters. The SMILES string of the molecule is O=C1NCCC[C@]12CN(S(=O)(=O)c1ccc(-c3cnco3)s1)CC(F)(F)C2. The molecule has 0 radical (unpaired) electrons. The number of halogens is 2. The fourth-order valence-electron chi connectivity index (χ4n) is 3.73. The van der Waals surface area contributed by atoms with Gasteiger partial charge in [-0.2, -0.15) is 4.31 Å². The average molecular weight is 417 g/mol. The summed E-state index contributed by atoms with van der Waals surface area (Å²) in [7, 11) is -4.17. The van der Waals surface area contributed by atoms with Crippen molar-refractivity contribution in [1.29, 1.82) is 0 Å². The summed E-state index contributed by atoms with van der Waals surface area (Å²) in [5, 5.41) is 2.60. The molecule has 0 saturated carbocycles. The number of alkyl halides is 2. The first-order valence-electron chi connectivity index (χ1n) is 8.37. The summed E-state index contributed by atoms with van der Waals surface area (Å²) in [4.78, 5) is 16.7. The van der Waals surface area contributed by atoms with Gasteiger partial charge >= 0.3 is 0 Å². The second-order valence-electron chi connectivity index (χ2n) is 6.93. The number of hydrogen-bond donors (Lipinski definition) is 1. The quantitative estimate of drug-likeness (QED) is 0.828. The molecule has 0 aliphatic carbocycles. The maximum absolute atomic E-state index is 14.4. The van der Waals surface area contributed by atoms with Crippen molar-refractivity contribution >= 4 is 27.3 Å². The minimum absolute atomic E-state index is 0.0713. The summed E-state index contributed by atoms with van der Waals surface area (Å²) in [5.74, 6) is -3.37. The normalized spacial score (nSPS) is 26.2. The molecule has 2 aliphatic heterocycles. The van der Waals surface area contributed by atoms with Crippen LogP contribution in [0.4, 0.5) is 8.78 Å². The predicted octanol–water partition coefficient (Wildman–Crippen LogP) is 2.33. The Morgan fingerprint density at radius 3 is 2.81 bits per heavy atom. The van der Waals surface area contributed by atoms with Gasteiger partial charge in [-0.15, -0.1) is 11.3 Å². The topological polar surface area (TPSA) is 92.5 Å². The number of oxazole rings is 1. The van der Waals surface area contributed by atoms with Crippen molar-refractivity contribution in [2.24, 2.45) is 5.41 Å². The number of nitrogens with zero attached hydrogens (tertiary/aromatic N) is 2. The van der Waals surface area contributed by atoms with Gasteiger partial charge in [-0.05, 0) is 25.0 Å². The van der Waals surface area contributed by atoms with E-state index in [0.29, 0.717) is 23.6 Å². The third-order valence-corrected chi connectivity index (χ3v) is 8.29. The standard InChI is InChI=1S/C16H17F2N3O4S2/c17-16(18)7-15(4-1-5-20-14(15)22)8-21(9-16)27(23,24)13-3-2-12(26-13)11-6-19-10-25-11/h2-3,6,10H,1,4-5,7-9H2,(H,20,22)/t15-/m0/s1. The number of piperidine rings is 2. The van der Waals surface area contributed by atoms with Crippen molar-refractivity contribution < 1.29 is 26.4 Å². The van der Waals surface area contributed by atoms with Crippen LogP contribution >= 0.6 is 11.3 Å². The lowest BCUT2D eigenvalue weighted by molar-refractivity contribution is -0.151. The number of rotatable bonds is 3. The first kappa shape index (κ1) is 18.5. The second-order valence-corrected chi connectivity index (χ2v) is 10.2. The Bertz CT molecular complexity index is 958. The molecular formula is C16H17F2N3O4S2. The molecule has 2 fully saturated rings. The number of aromatic nitrogens is 1. The number of thiophene rings is 1. The summed E-state index contributed by atoms with van der Waals surface area (Å²) in [5.41, 5.74) is -1.39. The predicted molar refractivity (Wildman–Crippen MR) is 92.8 cm³/mol. The van der Waals surface area contributed by atoms with E-state index < -0.39 is 40.2 Å². The van der Waals surface area contributed by atoms with E-state index in [9.17, 15) is 22.0 Å². The van der Waals surface area contributed by atoms with Gasteiger partial charge in [-0.25, -0.2) is 22.2 Å². The molecule has 4 heterocycles. The molecule has 0 bridgehead atoms. The number of carbonyl (C=O) groups is 1. The Morgan fingerprint density at radius 2 is 2.11 bits per heavy atom. The molecule has 4 rings (SSSR count). The van der Waals surface area contributed by atoms with Crippen LogP contribution in [-0.2, 0) is 14.8 Å². The van der Waals surface area contributed by atoms with Gasteiger partial charge in [0.05, 0.1) is 23.0 Å². The highest BCUT2D eigenvalue weighted by molar-refractivity contribution is 7.91. The number of nitrogens with one attached hydrogen (secondary N) is 1. The first-order chi connectivity index (χ1) is 12.7. The van der Waals surface area contributed by atoms with Crippen molar-refractivity contribution in [2.75, 3.05) is 19.6 Å². The van der Waals surface area contributed by atoms with Crippen molar-refractivity contribution in [1.82, 2.24) is 14.6 Å². The zero-order chi connectivity index (χ0) is 19.3. The fraction of sp³-hybridized carbons (Fsp3) is 0.500. The van der Waals surface area contributed by atoms with Gasteiger partial charge in [-0.3, -0.25) is 4.79 Å². The van der Waals surface area contributed by atoms with Crippen LogP contribution in [0.1, 0.15) is 19.3 Å². The molecule has 27 heavy (non-hydrogen) atoms. The van der Waals surface area contributed by atoms with Crippen LogP contribution in [0, 0.1) is 5.41 Å². The Hall–Kier alpha value is -1.85. The third-order valence-electron chi connectivity index (χ3n) is 4.93. The van der Waals surface area contributed by atoms with E-state index in [1.165, 1.54) is 18.7 Å². The Balaban J connectivity index is 1.67. The number of amides is 1. The van der Waals surface area contributed by atoms with Crippen molar-refractivity contribution in [2.45, 2.75) is 29.4 Å². The maximum Gasteiger partial charge on any atom is 0.262 e. The van der Waals surface area contributed by atoms with E-state index in [1.54, 1.807) is 6.07 Å². The molecule has 1 spiro atoms. The molecular weight excluding hydrogens is 400 g/mol. The maximum atomic E-state index is 14.4. The molecule has 2 aliphatic rings. The molecule has 2 aromatic heterocycles. The van der Waals surface area contributed by atoms with E-state index >= 15 is 0 Å². The summed E-state index contributed by atoms with van der Waals surface area (Å²) < 4.78 is 60.7. The first-order valence-corrected chi connectivity index (χ1v) is 10.6. The summed E-state index contributed by atoms with van der Waals surface area (Å²) >= 11 is 0.918. The molecule has 11 heteroatoms. The van der Waals surface area contributed by atoms with Gasteiger partial charge in [-0.1, -0.05) is 0 Å². The fourth-order valence-corrected chi connectivity index (χ4v) is 6.70. The van der Waals surface area contributed by atoms with Crippen LogP contribution < -0.4 is 5.32 Å². The molecule has 2 aromatic rings. The zero-order valence-electron chi connectivity index (χ0n) is 14.2. The van der Waals surface area contributed by atoms with Crippen LogP contribution in [0.3, 0.4) is 0 Å². The molecule has 146 valence electrons. The summed E-state index contributed by atoms with van der Waals surface area (Å²) in [6, 6.07) is 2.90. The Labute approximate surface area is 158 Å². The lowest BCUT2D eigenvalue weighted by Crippen LogP contribution is -2.61. The third kappa shape index (κ3) is 3.27. The highest BCUT2D eigenvalue weighted by Gasteiger charge is 2.56. The van der Waals surface area contributed by atoms with Gasteiger partial charge < -0.3 is 9.73 Å². The van der Waals surface area contributed by atoms with Crippen LogP contribution in [0.25, 0.3) is 10.6 Å². The second kappa shape index (κ2) is 6.35. The molecule has 7 nitrogen and oxygen atoms in total. The van der Waals surface area contributed by atoms with Crippen molar-refractivity contribution in [3.05, 3.63) is 24.7 Å². The molecule has 0 aromatic carbocycles. The molecule has 1 N–H and O–H groups in total. The van der Waals surface area contributed by atoms with Crippen LogP contribution in [0.15, 0.2) is 33.3 Å². The summed E-state index contributed by atoms with van der Waals surface area (Å²) in [6.07, 6.45) is 2.82. The van der Waals surface area contributed by atoms with Gasteiger partial charge in [0.2, 0.25) is 5.91 Å². The highest BCUT2D eigenvalue weighted by atomic mass is 32.2. The van der Waals surface area contributed by atoms with E-state index in [1.807, 2.05) is 0 Å². The van der Waals surface area contributed by atoms with Gasteiger partial charge in [0, 0.05) is 19.5 Å². The number of carbonyl (C=O) groups excluding carboxylic acids is 1. The minimum atomic E-state index is -4.17. The zero-order valence-corrected chi connectivity index (χ0v) is 15.8. The number of sulfonamides is 1. The largest absolute Gasteiger partial charge is 0.443 e. The lowest BCUT2D eigenvalue weighted by Gasteiger charge is -2.45. The highest BCUT2D eigenvalue weighted by Crippen LogP contribution is 2.45. The Morgan fingerprint density at radius 1 is 1.30 bits per heavy atom.